The maximum Gasteiger partial charge on any atom is 0.269 e. The summed E-state index contributed by atoms with van der Waals surface area (Å²) >= 11 is 0. The van der Waals surface area contributed by atoms with E-state index in [2.05, 4.69) is 4.98 Å². The number of aryl methyl sites for hydroxylation is 1. The molecule has 0 bridgehead atoms. The lowest BCUT2D eigenvalue weighted by Gasteiger charge is -2.00. The van der Waals surface area contributed by atoms with Crippen LogP contribution in [0.2, 0.25) is 0 Å². The number of fused-ring (bicyclic) bond motifs is 1. The van der Waals surface area contributed by atoms with E-state index in [9.17, 15) is 4.79 Å². The number of benzene rings is 1. The third kappa shape index (κ3) is 0.906. The summed E-state index contributed by atoms with van der Waals surface area (Å²) < 4.78 is 8.89. The minimum Gasteiger partial charge on any atom is -0.309 e. The smallest absolute Gasteiger partial charge is 0.269 e. The molecular formula is C9H8N2O. The van der Waals surface area contributed by atoms with Gasteiger partial charge in [0, 0.05) is 7.05 Å². The highest BCUT2D eigenvalue weighted by molar-refractivity contribution is 5.73. The molecule has 0 saturated carbocycles. The SMILES string of the molecule is [2H]c1ccc2ncc(=O)n(C)c2c1. The van der Waals surface area contributed by atoms with Gasteiger partial charge in [0.15, 0.2) is 0 Å². The molecule has 0 unspecified atom stereocenters. The van der Waals surface area contributed by atoms with Gasteiger partial charge in [-0.2, -0.15) is 0 Å². The Labute approximate surface area is 70.7 Å². The van der Waals surface area contributed by atoms with Crippen molar-refractivity contribution >= 4 is 11.0 Å². The van der Waals surface area contributed by atoms with Crippen LogP contribution < -0.4 is 5.56 Å². The second-order valence-electron chi connectivity index (χ2n) is 2.57. The molecule has 0 radical (unpaired) electrons. The van der Waals surface area contributed by atoms with Crippen molar-refractivity contribution in [2.24, 2.45) is 7.05 Å². The van der Waals surface area contributed by atoms with E-state index in [4.69, 9.17) is 1.37 Å². The number of hydrogen-bond donors (Lipinski definition) is 0. The van der Waals surface area contributed by atoms with Crippen molar-refractivity contribution < 1.29 is 1.37 Å². The fourth-order valence-electron chi connectivity index (χ4n) is 1.12. The Morgan fingerprint density at radius 2 is 2.42 bits per heavy atom. The molecule has 0 amide bonds. The Balaban J connectivity index is 2.97. The van der Waals surface area contributed by atoms with Crippen LogP contribution in [-0.4, -0.2) is 9.55 Å². The molecule has 1 aromatic carbocycles. The summed E-state index contributed by atoms with van der Waals surface area (Å²) in [6, 6.07) is 5.40. The van der Waals surface area contributed by atoms with Gasteiger partial charge in [0.2, 0.25) is 0 Å². The zero-order valence-electron chi connectivity index (χ0n) is 7.61. The summed E-state index contributed by atoms with van der Waals surface area (Å²) in [5.74, 6) is 0. The van der Waals surface area contributed by atoms with E-state index in [1.165, 1.54) is 10.8 Å². The van der Waals surface area contributed by atoms with Crippen LogP contribution >= 0.6 is 0 Å². The van der Waals surface area contributed by atoms with Gasteiger partial charge in [0.1, 0.15) is 0 Å². The van der Waals surface area contributed by atoms with Crippen LogP contribution in [0.25, 0.3) is 11.0 Å². The Bertz CT molecular complexity index is 518. The molecule has 0 atom stereocenters. The number of para-hydroxylation sites is 2. The van der Waals surface area contributed by atoms with Gasteiger partial charge in [-0.1, -0.05) is 12.1 Å². The summed E-state index contributed by atoms with van der Waals surface area (Å²) in [5, 5.41) is 0. The quantitative estimate of drug-likeness (QED) is 0.576. The largest absolute Gasteiger partial charge is 0.309 e. The second kappa shape index (κ2) is 2.44. The van der Waals surface area contributed by atoms with Crippen molar-refractivity contribution in [3.63, 3.8) is 0 Å². The highest BCUT2D eigenvalue weighted by Crippen LogP contribution is 2.05. The molecule has 1 heterocycles. The van der Waals surface area contributed by atoms with Crippen molar-refractivity contribution in [3.05, 3.63) is 40.8 Å². The summed E-state index contributed by atoms with van der Waals surface area (Å²) in [6.07, 6.45) is 1.28. The molecule has 2 rings (SSSR count). The fraction of sp³-hybridized carbons (Fsp3) is 0.111. The molecule has 12 heavy (non-hydrogen) atoms. The van der Waals surface area contributed by atoms with E-state index in [1.807, 2.05) is 0 Å². The predicted octanol–water partition coefficient (Wildman–Crippen LogP) is 0.933. The van der Waals surface area contributed by atoms with Gasteiger partial charge in [-0.15, -0.1) is 0 Å². The van der Waals surface area contributed by atoms with Crippen LogP contribution in [0, 0.1) is 0 Å². The van der Waals surface area contributed by atoms with Crippen molar-refractivity contribution in [2.75, 3.05) is 0 Å². The van der Waals surface area contributed by atoms with E-state index in [0.717, 1.165) is 5.52 Å². The first-order valence-electron chi connectivity index (χ1n) is 4.11. The van der Waals surface area contributed by atoms with E-state index in [0.29, 0.717) is 11.6 Å². The van der Waals surface area contributed by atoms with Crippen LogP contribution in [-0.2, 0) is 7.05 Å². The Morgan fingerprint density at radius 3 is 3.25 bits per heavy atom. The first kappa shape index (κ1) is 5.94. The molecule has 3 heteroatoms. The molecule has 0 N–H and O–H groups in total. The average molecular weight is 161 g/mol. The van der Waals surface area contributed by atoms with E-state index in [1.54, 1.807) is 25.2 Å². The zero-order chi connectivity index (χ0) is 9.42. The van der Waals surface area contributed by atoms with Crippen molar-refractivity contribution in [3.8, 4) is 0 Å². The highest BCUT2D eigenvalue weighted by atomic mass is 16.1. The lowest BCUT2D eigenvalue weighted by molar-refractivity contribution is 0.892. The van der Waals surface area contributed by atoms with Gasteiger partial charge in [-0.25, -0.2) is 4.98 Å². The average Bonchev–Trinajstić information content (AvgIpc) is 2.12. The minimum atomic E-state index is -0.155. The van der Waals surface area contributed by atoms with Crippen LogP contribution in [0.3, 0.4) is 0 Å². The molecule has 60 valence electrons. The molecule has 0 aliphatic heterocycles. The van der Waals surface area contributed by atoms with Gasteiger partial charge >= 0.3 is 0 Å². The van der Waals surface area contributed by atoms with Gasteiger partial charge in [0.05, 0.1) is 18.6 Å². The molecule has 1 aromatic heterocycles. The third-order valence-corrected chi connectivity index (χ3v) is 1.83. The van der Waals surface area contributed by atoms with Crippen LogP contribution in [0.15, 0.2) is 35.2 Å². The topological polar surface area (TPSA) is 34.9 Å². The third-order valence-electron chi connectivity index (χ3n) is 1.83. The second-order valence-corrected chi connectivity index (χ2v) is 2.57. The van der Waals surface area contributed by atoms with Gasteiger partial charge < -0.3 is 4.57 Å². The van der Waals surface area contributed by atoms with Crippen LogP contribution in [0.1, 0.15) is 1.37 Å². The summed E-state index contributed by atoms with van der Waals surface area (Å²) in [6.45, 7) is 0. The maximum atomic E-state index is 11.2. The number of hydrogen-bond acceptors (Lipinski definition) is 2. The number of aromatic nitrogens is 2. The molecule has 0 fully saturated rings. The molecule has 2 aromatic rings. The Morgan fingerprint density at radius 1 is 1.58 bits per heavy atom. The summed E-state index contributed by atoms with van der Waals surface area (Å²) in [5.41, 5.74) is 1.27. The normalized spacial score (nSPS) is 11.6. The fourth-order valence-corrected chi connectivity index (χ4v) is 1.12. The van der Waals surface area contributed by atoms with Crippen molar-refractivity contribution in [1.29, 1.82) is 0 Å². The lowest BCUT2D eigenvalue weighted by Crippen LogP contribution is -2.16. The highest BCUT2D eigenvalue weighted by Gasteiger charge is 1.96. The minimum absolute atomic E-state index is 0.155. The van der Waals surface area contributed by atoms with Gasteiger partial charge in [0.25, 0.3) is 5.56 Å². The standard InChI is InChI=1S/C9H8N2O/c1-11-8-5-3-2-4-7(8)10-6-9(11)12/h2-6H,1H3/i3D. The van der Waals surface area contributed by atoms with Crippen LogP contribution in [0.4, 0.5) is 0 Å². The first-order chi connectivity index (χ1) is 6.18. The monoisotopic (exact) mass is 161 g/mol. The molecule has 0 spiro atoms. The molecule has 0 aliphatic carbocycles. The molecular weight excluding hydrogens is 152 g/mol. The first-order valence-corrected chi connectivity index (χ1v) is 3.61. The van der Waals surface area contributed by atoms with Crippen molar-refractivity contribution in [2.45, 2.75) is 0 Å². The predicted molar refractivity (Wildman–Crippen MR) is 47.0 cm³/mol. The molecule has 3 nitrogen and oxygen atoms in total. The number of rotatable bonds is 0. The molecule has 0 saturated heterocycles. The van der Waals surface area contributed by atoms with Gasteiger partial charge in [-0.05, 0) is 12.1 Å². The Kier molecular flexibility index (Phi) is 1.21. The van der Waals surface area contributed by atoms with E-state index < -0.39 is 0 Å². The lowest BCUT2D eigenvalue weighted by atomic mass is 10.3. The molecule has 0 aliphatic rings. The van der Waals surface area contributed by atoms with Crippen LogP contribution in [0.5, 0.6) is 0 Å². The van der Waals surface area contributed by atoms with E-state index in [-0.39, 0.29) is 5.56 Å². The number of nitrogens with zero attached hydrogens (tertiary/aromatic N) is 2. The maximum absolute atomic E-state index is 11.2. The van der Waals surface area contributed by atoms with Gasteiger partial charge in [-0.3, -0.25) is 4.79 Å². The van der Waals surface area contributed by atoms with Crippen molar-refractivity contribution in [1.82, 2.24) is 9.55 Å². The van der Waals surface area contributed by atoms with E-state index >= 15 is 0 Å². The zero-order valence-corrected chi connectivity index (χ0v) is 6.61. The Hall–Kier alpha value is -1.64. The summed E-state index contributed by atoms with van der Waals surface area (Å²) in [4.78, 5) is 15.1. The summed E-state index contributed by atoms with van der Waals surface area (Å²) in [7, 11) is 1.67.